The van der Waals surface area contributed by atoms with Crippen molar-refractivity contribution in [1.82, 2.24) is 15.5 Å². The molecule has 0 spiro atoms. The van der Waals surface area contributed by atoms with Crippen LogP contribution in [0, 0.1) is 5.92 Å². The van der Waals surface area contributed by atoms with Gasteiger partial charge in [-0.15, -0.1) is 24.0 Å². The Hall–Kier alpha value is -0.0800. The van der Waals surface area contributed by atoms with Crippen LogP contribution in [0.3, 0.4) is 0 Å². The van der Waals surface area contributed by atoms with E-state index in [0.717, 1.165) is 57.7 Å². The lowest BCUT2D eigenvalue weighted by Crippen LogP contribution is -2.42. The second-order valence-corrected chi connectivity index (χ2v) is 6.85. The van der Waals surface area contributed by atoms with Crippen LogP contribution in [0.2, 0.25) is 0 Å². The van der Waals surface area contributed by atoms with Crippen LogP contribution in [0.1, 0.15) is 59.8 Å². The van der Waals surface area contributed by atoms with Crippen LogP contribution in [0.25, 0.3) is 0 Å². The van der Waals surface area contributed by atoms with Gasteiger partial charge in [0.1, 0.15) is 0 Å². The largest absolute Gasteiger partial charge is 0.381 e. The normalized spacial score (nSPS) is 15.8. The van der Waals surface area contributed by atoms with Gasteiger partial charge in [0.2, 0.25) is 0 Å². The Labute approximate surface area is 172 Å². The average molecular weight is 468 g/mol. The van der Waals surface area contributed by atoms with Gasteiger partial charge >= 0.3 is 0 Å². The molecule has 25 heavy (non-hydrogen) atoms. The zero-order valence-electron chi connectivity index (χ0n) is 16.9. The van der Waals surface area contributed by atoms with E-state index in [-0.39, 0.29) is 24.0 Å². The Kier molecular flexibility index (Phi) is 16.1. The summed E-state index contributed by atoms with van der Waals surface area (Å²) >= 11 is 0. The van der Waals surface area contributed by atoms with Crippen molar-refractivity contribution >= 4 is 29.9 Å². The highest BCUT2D eigenvalue weighted by atomic mass is 127. The molecule has 150 valence electrons. The molecule has 6 heteroatoms. The zero-order chi connectivity index (χ0) is 17.6. The topological polar surface area (TPSA) is 48.9 Å². The third kappa shape index (κ3) is 13.7. The fraction of sp³-hybridized carbons (Fsp3) is 0.947. The van der Waals surface area contributed by atoms with Crippen LogP contribution >= 0.6 is 24.0 Å². The fourth-order valence-corrected chi connectivity index (χ4v) is 2.68. The molecule has 1 unspecified atom stereocenters. The highest BCUT2D eigenvalue weighted by molar-refractivity contribution is 14.0. The van der Waals surface area contributed by atoms with Gasteiger partial charge in [-0.1, -0.05) is 13.8 Å². The third-order valence-corrected chi connectivity index (χ3v) is 4.50. The van der Waals surface area contributed by atoms with E-state index in [2.05, 4.69) is 48.2 Å². The minimum absolute atomic E-state index is 0. The molecular weight excluding hydrogens is 427 g/mol. The maximum absolute atomic E-state index is 5.66. The number of ether oxygens (including phenoxy) is 1. The predicted octanol–water partition coefficient (Wildman–Crippen LogP) is 3.49. The van der Waals surface area contributed by atoms with Crippen LogP contribution in [-0.2, 0) is 4.74 Å². The summed E-state index contributed by atoms with van der Waals surface area (Å²) in [5.74, 6) is 1.79. The molecule has 0 amide bonds. The van der Waals surface area contributed by atoms with Crippen molar-refractivity contribution in [2.45, 2.75) is 65.8 Å². The number of hydrogen-bond donors (Lipinski definition) is 2. The summed E-state index contributed by atoms with van der Waals surface area (Å²) in [6.07, 6.45) is 6.12. The second kappa shape index (κ2) is 16.1. The number of rotatable bonds is 14. The summed E-state index contributed by atoms with van der Waals surface area (Å²) in [6.45, 7) is 15.8. The van der Waals surface area contributed by atoms with E-state index >= 15 is 0 Å². The van der Waals surface area contributed by atoms with Gasteiger partial charge in [-0.2, -0.15) is 0 Å². The molecule has 5 nitrogen and oxygen atoms in total. The van der Waals surface area contributed by atoms with Crippen molar-refractivity contribution in [1.29, 1.82) is 0 Å². The minimum atomic E-state index is 0. The van der Waals surface area contributed by atoms with Crippen LogP contribution in [0.5, 0.6) is 0 Å². The molecule has 1 atom stereocenters. The summed E-state index contributed by atoms with van der Waals surface area (Å²) in [5.41, 5.74) is 0. The first-order valence-electron chi connectivity index (χ1n) is 10.0. The summed E-state index contributed by atoms with van der Waals surface area (Å²) in [5, 5.41) is 6.87. The lowest BCUT2D eigenvalue weighted by molar-refractivity contribution is 0.123. The highest BCUT2D eigenvalue weighted by Crippen LogP contribution is 2.28. The Bertz CT molecular complexity index is 333. The molecule has 0 heterocycles. The summed E-state index contributed by atoms with van der Waals surface area (Å²) in [4.78, 5) is 7.15. The molecule has 1 saturated carbocycles. The van der Waals surface area contributed by atoms with Crippen molar-refractivity contribution in [2.75, 3.05) is 45.9 Å². The number of aliphatic imine (C=N–C) groups is 1. The standard InChI is InChI=1S/C19H40N4O.HI/c1-5-20-19(21-13-9-15-24-16-18-11-12-18)22-17(4)10-8-14-23(6-2)7-3;/h17-18H,5-16H2,1-4H3,(H2,20,21,22);1H. The Morgan fingerprint density at radius 3 is 2.52 bits per heavy atom. The van der Waals surface area contributed by atoms with E-state index in [0.29, 0.717) is 6.04 Å². The van der Waals surface area contributed by atoms with E-state index in [1.165, 1.54) is 32.2 Å². The number of halogens is 1. The van der Waals surface area contributed by atoms with Gasteiger partial charge in [-0.05, 0) is 71.5 Å². The van der Waals surface area contributed by atoms with Gasteiger partial charge in [0.15, 0.2) is 5.96 Å². The van der Waals surface area contributed by atoms with Crippen molar-refractivity contribution in [3.63, 3.8) is 0 Å². The number of guanidine groups is 1. The molecule has 1 fully saturated rings. The van der Waals surface area contributed by atoms with Crippen LogP contribution < -0.4 is 10.6 Å². The Morgan fingerprint density at radius 2 is 1.92 bits per heavy atom. The molecule has 0 aromatic carbocycles. The van der Waals surface area contributed by atoms with Crippen molar-refractivity contribution in [3.05, 3.63) is 0 Å². The predicted molar refractivity (Wildman–Crippen MR) is 119 cm³/mol. The summed E-state index contributed by atoms with van der Waals surface area (Å²) in [7, 11) is 0. The van der Waals surface area contributed by atoms with Gasteiger partial charge in [-0.3, -0.25) is 4.99 Å². The van der Waals surface area contributed by atoms with E-state index in [1.807, 2.05) is 0 Å². The minimum Gasteiger partial charge on any atom is -0.381 e. The number of nitrogens with one attached hydrogen (secondary N) is 2. The first-order valence-corrected chi connectivity index (χ1v) is 10.0. The van der Waals surface area contributed by atoms with E-state index in [4.69, 9.17) is 4.74 Å². The highest BCUT2D eigenvalue weighted by Gasteiger charge is 2.20. The molecule has 1 rings (SSSR count). The van der Waals surface area contributed by atoms with Crippen molar-refractivity contribution in [3.8, 4) is 0 Å². The van der Waals surface area contributed by atoms with E-state index < -0.39 is 0 Å². The first-order chi connectivity index (χ1) is 11.7. The maximum atomic E-state index is 5.66. The fourth-order valence-electron chi connectivity index (χ4n) is 2.68. The molecule has 0 bridgehead atoms. The molecule has 0 aromatic heterocycles. The van der Waals surface area contributed by atoms with Gasteiger partial charge in [0, 0.05) is 32.3 Å². The van der Waals surface area contributed by atoms with Crippen molar-refractivity contribution < 1.29 is 4.74 Å². The molecule has 0 radical (unpaired) electrons. The van der Waals surface area contributed by atoms with Gasteiger partial charge in [0.25, 0.3) is 0 Å². The Balaban J connectivity index is 0.00000576. The lowest BCUT2D eigenvalue weighted by Gasteiger charge is -2.21. The molecule has 2 N–H and O–H groups in total. The SMILES string of the molecule is CCNC(=NCCCOCC1CC1)NC(C)CCCN(CC)CC.I. The summed E-state index contributed by atoms with van der Waals surface area (Å²) in [6, 6.07) is 0.449. The molecule has 0 aromatic rings. The lowest BCUT2D eigenvalue weighted by atomic mass is 10.2. The van der Waals surface area contributed by atoms with E-state index in [1.54, 1.807) is 0 Å². The van der Waals surface area contributed by atoms with Gasteiger partial charge in [-0.25, -0.2) is 0 Å². The maximum Gasteiger partial charge on any atom is 0.191 e. The average Bonchev–Trinajstić information content (AvgIpc) is 3.39. The van der Waals surface area contributed by atoms with Crippen LogP contribution in [0.4, 0.5) is 0 Å². The second-order valence-electron chi connectivity index (χ2n) is 6.85. The first kappa shape index (κ1) is 24.9. The monoisotopic (exact) mass is 468 g/mol. The molecular formula is C19H41IN4O. The van der Waals surface area contributed by atoms with Crippen molar-refractivity contribution in [2.24, 2.45) is 10.9 Å². The third-order valence-electron chi connectivity index (χ3n) is 4.50. The quantitative estimate of drug-likeness (QED) is 0.177. The van der Waals surface area contributed by atoms with Crippen LogP contribution in [-0.4, -0.2) is 62.8 Å². The molecule has 0 aliphatic heterocycles. The number of nitrogens with zero attached hydrogens (tertiary/aromatic N) is 2. The van der Waals surface area contributed by atoms with Gasteiger partial charge < -0.3 is 20.3 Å². The molecule has 1 aliphatic rings. The zero-order valence-corrected chi connectivity index (χ0v) is 19.2. The summed E-state index contributed by atoms with van der Waals surface area (Å²) < 4.78 is 5.66. The Morgan fingerprint density at radius 1 is 1.20 bits per heavy atom. The number of hydrogen-bond acceptors (Lipinski definition) is 3. The smallest absolute Gasteiger partial charge is 0.191 e. The van der Waals surface area contributed by atoms with Crippen LogP contribution in [0.15, 0.2) is 4.99 Å². The molecule has 1 aliphatic carbocycles. The molecule has 0 saturated heterocycles. The van der Waals surface area contributed by atoms with Gasteiger partial charge in [0.05, 0.1) is 0 Å². The van der Waals surface area contributed by atoms with E-state index in [9.17, 15) is 0 Å².